The van der Waals surface area contributed by atoms with Crippen molar-refractivity contribution in [1.82, 2.24) is 4.72 Å². The molecule has 0 amide bonds. The van der Waals surface area contributed by atoms with Gasteiger partial charge in [0.05, 0.1) is 5.69 Å². The van der Waals surface area contributed by atoms with Crippen LogP contribution in [-0.2, 0) is 10.0 Å². The topological polar surface area (TPSA) is 58.2 Å². The van der Waals surface area contributed by atoms with Crippen molar-refractivity contribution in [2.75, 3.05) is 18.4 Å². The van der Waals surface area contributed by atoms with Crippen molar-refractivity contribution in [2.45, 2.75) is 11.8 Å². The summed E-state index contributed by atoms with van der Waals surface area (Å²) in [6, 6.07) is 6.79. The lowest BCUT2D eigenvalue weighted by molar-refractivity contribution is 0.584. The van der Waals surface area contributed by atoms with E-state index in [0.717, 1.165) is 0 Å². The van der Waals surface area contributed by atoms with E-state index < -0.39 is 10.0 Å². The first-order valence-corrected chi connectivity index (χ1v) is 6.53. The molecule has 0 heterocycles. The Kier molecular flexibility index (Phi) is 4.52. The molecule has 5 heteroatoms. The zero-order chi connectivity index (χ0) is 12.0. The van der Waals surface area contributed by atoms with Crippen LogP contribution in [0.1, 0.15) is 6.92 Å². The zero-order valence-corrected chi connectivity index (χ0v) is 10.0. The standard InChI is InChI=1S/C11H16N2O2S/c1-3-9-12-10-7-5-6-8-11(10)16(14,15)13-4-2/h3,5-8,12-13H,1,4,9H2,2H3. The first-order valence-electron chi connectivity index (χ1n) is 5.05. The van der Waals surface area contributed by atoms with Gasteiger partial charge in [0.2, 0.25) is 10.0 Å². The highest BCUT2D eigenvalue weighted by Gasteiger charge is 2.16. The van der Waals surface area contributed by atoms with Gasteiger partial charge in [-0.2, -0.15) is 0 Å². The molecule has 0 aliphatic heterocycles. The Balaban J connectivity index is 3.07. The van der Waals surface area contributed by atoms with Crippen molar-refractivity contribution in [3.63, 3.8) is 0 Å². The van der Waals surface area contributed by atoms with Gasteiger partial charge in [-0.15, -0.1) is 6.58 Å². The Morgan fingerprint density at radius 1 is 1.38 bits per heavy atom. The fourth-order valence-electron chi connectivity index (χ4n) is 1.30. The number of anilines is 1. The third-order valence-corrected chi connectivity index (χ3v) is 3.55. The average molecular weight is 240 g/mol. The molecule has 0 aliphatic rings. The third-order valence-electron chi connectivity index (χ3n) is 1.95. The Labute approximate surface area is 96.4 Å². The van der Waals surface area contributed by atoms with Gasteiger partial charge >= 0.3 is 0 Å². The molecule has 0 bridgehead atoms. The SMILES string of the molecule is C=CCNc1ccccc1S(=O)(=O)NCC. The highest BCUT2D eigenvalue weighted by Crippen LogP contribution is 2.20. The summed E-state index contributed by atoms with van der Waals surface area (Å²) in [4.78, 5) is 0.263. The normalized spacial score (nSPS) is 11.1. The van der Waals surface area contributed by atoms with Gasteiger partial charge < -0.3 is 5.32 Å². The van der Waals surface area contributed by atoms with Crippen molar-refractivity contribution < 1.29 is 8.42 Å². The molecule has 0 atom stereocenters. The second kappa shape index (κ2) is 5.67. The minimum Gasteiger partial charge on any atom is -0.380 e. The molecular formula is C11H16N2O2S. The third kappa shape index (κ3) is 3.08. The van der Waals surface area contributed by atoms with E-state index in [4.69, 9.17) is 0 Å². The van der Waals surface area contributed by atoms with E-state index in [-0.39, 0.29) is 4.90 Å². The predicted molar refractivity (Wildman–Crippen MR) is 66.0 cm³/mol. The number of sulfonamides is 1. The van der Waals surface area contributed by atoms with E-state index >= 15 is 0 Å². The van der Waals surface area contributed by atoms with Crippen LogP contribution < -0.4 is 10.0 Å². The van der Waals surface area contributed by atoms with Crippen molar-refractivity contribution in [3.05, 3.63) is 36.9 Å². The molecule has 0 aromatic heterocycles. The number of para-hydroxylation sites is 1. The summed E-state index contributed by atoms with van der Waals surface area (Å²) in [7, 11) is -3.42. The van der Waals surface area contributed by atoms with Crippen molar-refractivity contribution in [1.29, 1.82) is 0 Å². The van der Waals surface area contributed by atoms with E-state index in [1.165, 1.54) is 0 Å². The summed E-state index contributed by atoms with van der Waals surface area (Å²) in [6.45, 7) is 6.22. The van der Waals surface area contributed by atoms with Crippen LogP contribution in [0.3, 0.4) is 0 Å². The van der Waals surface area contributed by atoms with Crippen molar-refractivity contribution >= 4 is 15.7 Å². The maximum absolute atomic E-state index is 11.8. The molecule has 0 saturated heterocycles. The second-order valence-electron chi connectivity index (χ2n) is 3.17. The largest absolute Gasteiger partial charge is 0.380 e. The van der Waals surface area contributed by atoms with Gasteiger partial charge in [0.15, 0.2) is 0 Å². The van der Waals surface area contributed by atoms with Crippen LogP contribution >= 0.6 is 0 Å². The summed E-state index contributed by atoms with van der Waals surface area (Å²) in [5, 5.41) is 2.99. The molecule has 4 nitrogen and oxygen atoms in total. The minimum absolute atomic E-state index is 0.263. The molecule has 88 valence electrons. The molecule has 0 spiro atoms. The summed E-state index contributed by atoms with van der Waals surface area (Å²) in [5.74, 6) is 0. The molecule has 1 rings (SSSR count). The van der Waals surface area contributed by atoms with Crippen molar-refractivity contribution in [2.24, 2.45) is 0 Å². The Morgan fingerprint density at radius 3 is 2.69 bits per heavy atom. The number of hydrogen-bond acceptors (Lipinski definition) is 3. The quantitative estimate of drug-likeness (QED) is 0.742. The highest BCUT2D eigenvalue weighted by atomic mass is 32.2. The predicted octanol–water partition coefficient (Wildman–Crippen LogP) is 1.58. The van der Waals surface area contributed by atoms with Crippen molar-refractivity contribution in [3.8, 4) is 0 Å². The Hall–Kier alpha value is -1.33. The minimum atomic E-state index is -3.42. The summed E-state index contributed by atoms with van der Waals surface area (Å²) in [5.41, 5.74) is 0.586. The molecule has 16 heavy (non-hydrogen) atoms. The van der Waals surface area contributed by atoms with Gasteiger partial charge in [-0.05, 0) is 12.1 Å². The smallest absolute Gasteiger partial charge is 0.242 e. The lowest BCUT2D eigenvalue weighted by Gasteiger charge is -2.11. The molecule has 1 aromatic rings. The number of benzene rings is 1. The molecule has 0 saturated carbocycles. The van der Waals surface area contributed by atoms with Crippen LogP contribution in [0, 0.1) is 0 Å². The van der Waals surface area contributed by atoms with E-state index in [1.807, 2.05) is 0 Å². The molecule has 0 aliphatic carbocycles. The molecule has 0 radical (unpaired) electrons. The fraction of sp³-hybridized carbons (Fsp3) is 0.273. The Morgan fingerprint density at radius 2 is 2.06 bits per heavy atom. The second-order valence-corrected chi connectivity index (χ2v) is 4.90. The summed E-state index contributed by atoms with van der Waals surface area (Å²) >= 11 is 0. The van der Waals surface area contributed by atoms with Gasteiger partial charge in [-0.3, -0.25) is 0 Å². The van der Waals surface area contributed by atoms with Crippen LogP contribution in [0.4, 0.5) is 5.69 Å². The molecule has 1 aromatic carbocycles. The maximum Gasteiger partial charge on any atom is 0.242 e. The van der Waals surface area contributed by atoms with Crippen LogP contribution in [0.15, 0.2) is 41.8 Å². The van der Waals surface area contributed by atoms with E-state index in [1.54, 1.807) is 37.3 Å². The maximum atomic E-state index is 11.8. The lowest BCUT2D eigenvalue weighted by Crippen LogP contribution is -2.24. The van der Waals surface area contributed by atoms with E-state index in [9.17, 15) is 8.42 Å². The fourth-order valence-corrected chi connectivity index (χ4v) is 2.52. The summed E-state index contributed by atoms with van der Waals surface area (Å²) in [6.07, 6.45) is 1.68. The zero-order valence-electron chi connectivity index (χ0n) is 9.23. The number of rotatable bonds is 6. The monoisotopic (exact) mass is 240 g/mol. The molecule has 2 N–H and O–H groups in total. The van der Waals surface area contributed by atoms with Crippen LogP contribution in [-0.4, -0.2) is 21.5 Å². The van der Waals surface area contributed by atoms with Gasteiger partial charge in [0.25, 0.3) is 0 Å². The Bertz CT molecular complexity index is 455. The van der Waals surface area contributed by atoms with Crippen LogP contribution in [0.2, 0.25) is 0 Å². The van der Waals surface area contributed by atoms with Gasteiger partial charge in [0.1, 0.15) is 4.90 Å². The molecular weight excluding hydrogens is 224 g/mol. The van der Waals surface area contributed by atoms with Crippen LogP contribution in [0.25, 0.3) is 0 Å². The molecule has 0 unspecified atom stereocenters. The first-order chi connectivity index (χ1) is 7.61. The summed E-state index contributed by atoms with van der Waals surface area (Å²) < 4.78 is 26.1. The number of nitrogens with one attached hydrogen (secondary N) is 2. The van der Waals surface area contributed by atoms with E-state index in [2.05, 4.69) is 16.6 Å². The lowest BCUT2D eigenvalue weighted by atomic mass is 10.3. The van der Waals surface area contributed by atoms with Gasteiger partial charge in [-0.25, -0.2) is 13.1 Å². The first kappa shape index (κ1) is 12.7. The van der Waals surface area contributed by atoms with E-state index in [0.29, 0.717) is 18.8 Å². The average Bonchev–Trinajstić information content (AvgIpc) is 2.26. The van der Waals surface area contributed by atoms with Crippen LogP contribution in [0.5, 0.6) is 0 Å². The highest BCUT2D eigenvalue weighted by molar-refractivity contribution is 7.89. The number of hydrogen-bond donors (Lipinski definition) is 2. The molecule has 0 fully saturated rings. The van der Waals surface area contributed by atoms with Gasteiger partial charge in [0, 0.05) is 13.1 Å². The van der Waals surface area contributed by atoms with Gasteiger partial charge in [-0.1, -0.05) is 25.1 Å².